The molecule has 0 aliphatic carbocycles. The van der Waals surface area contributed by atoms with Crippen molar-refractivity contribution in [1.82, 2.24) is 9.47 Å². The highest BCUT2D eigenvalue weighted by Gasteiger charge is 2.21. The Morgan fingerprint density at radius 1 is 0.966 bits per heavy atom. The minimum atomic E-state index is -0.279. The van der Waals surface area contributed by atoms with Gasteiger partial charge in [-0.2, -0.15) is 0 Å². The standard InChI is InChI=1S/C23H23N3O3/c27-22(21-7-4-13-25(21)14-12-18-5-2-1-3-6-18)24-20-10-8-19(9-11-20)17-26-15-16-29-23(26)28/h1-11,13H,12,14-17H2,(H,24,27). The van der Waals surface area contributed by atoms with Crippen molar-refractivity contribution in [3.63, 3.8) is 0 Å². The first-order valence-corrected chi connectivity index (χ1v) is 9.70. The molecule has 0 saturated carbocycles. The zero-order chi connectivity index (χ0) is 20.1. The molecular weight excluding hydrogens is 366 g/mol. The molecule has 4 rings (SSSR count). The number of ether oxygens (including phenoxy) is 1. The van der Waals surface area contributed by atoms with E-state index in [1.165, 1.54) is 5.56 Å². The summed E-state index contributed by atoms with van der Waals surface area (Å²) < 4.78 is 6.91. The number of aromatic nitrogens is 1. The lowest BCUT2D eigenvalue weighted by atomic mass is 10.1. The number of nitrogens with one attached hydrogen (secondary N) is 1. The molecule has 29 heavy (non-hydrogen) atoms. The van der Waals surface area contributed by atoms with Crippen LogP contribution in [0.5, 0.6) is 0 Å². The second-order valence-corrected chi connectivity index (χ2v) is 7.01. The monoisotopic (exact) mass is 389 g/mol. The van der Waals surface area contributed by atoms with Gasteiger partial charge in [-0.15, -0.1) is 0 Å². The normalized spacial score (nSPS) is 13.4. The van der Waals surface area contributed by atoms with Crippen LogP contribution in [0.2, 0.25) is 0 Å². The fourth-order valence-electron chi connectivity index (χ4n) is 3.39. The van der Waals surface area contributed by atoms with Gasteiger partial charge < -0.3 is 19.5 Å². The van der Waals surface area contributed by atoms with Gasteiger partial charge in [-0.05, 0) is 41.8 Å². The molecule has 1 N–H and O–H groups in total. The number of anilines is 1. The summed E-state index contributed by atoms with van der Waals surface area (Å²) in [5.74, 6) is -0.140. The van der Waals surface area contributed by atoms with Crippen LogP contribution in [0.15, 0.2) is 72.9 Å². The summed E-state index contributed by atoms with van der Waals surface area (Å²) >= 11 is 0. The van der Waals surface area contributed by atoms with Crippen molar-refractivity contribution < 1.29 is 14.3 Å². The maximum Gasteiger partial charge on any atom is 0.410 e. The number of hydrogen-bond donors (Lipinski definition) is 1. The number of aryl methyl sites for hydroxylation is 2. The summed E-state index contributed by atoms with van der Waals surface area (Å²) in [6.45, 7) is 2.30. The lowest BCUT2D eigenvalue weighted by molar-refractivity contribution is 0.101. The van der Waals surface area contributed by atoms with Crippen LogP contribution in [0.3, 0.4) is 0 Å². The van der Waals surface area contributed by atoms with E-state index in [-0.39, 0.29) is 12.0 Å². The first-order valence-electron chi connectivity index (χ1n) is 9.70. The Kier molecular flexibility index (Phi) is 5.61. The minimum Gasteiger partial charge on any atom is -0.448 e. The van der Waals surface area contributed by atoms with Gasteiger partial charge in [-0.1, -0.05) is 42.5 Å². The van der Waals surface area contributed by atoms with Gasteiger partial charge in [-0.25, -0.2) is 4.79 Å². The summed E-state index contributed by atoms with van der Waals surface area (Å²) in [6.07, 6.45) is 2.51. The van der Waals surface area contributed by atoms with Gasteiger partial charge in [0, 0.05) is 25.0 Å². The van der Waals surface area contributed by atoms with Crippen molar-refractivity contribution in [3.05, 3.63) is 89.7 Å². The zero-order valence-corrected chi connectivity index (χ0v) is 16.1. The summed E-state index contributed by atoms with van der Waals surface area (Å²) in [5.41, 5.74) is 3.58. The highest BCUT2D eigenvalue weighted by molar-refractivity contribution is 6.03. The third kappa shape index (κ3) is 4.66. The number of carbonyl (C=O) groups is 2. The van der Waals surface area contributed by atoms with Crippen LogP contribution in [-0.2, 0) is 24.2 Å². The van der Waals surface area contributed by atoms with Gasteiger partial charge in [-0.3, -0.25) is 4.79 Å². The van der Waals surface area contributed by atoms with Crippen LogP contribution < -0.4 is 5.32 Å². The maximum absolute atomic E-state index is 12.7. The predicted molar refractivity (Wildman–Crippen MR) is 111 cm³/mol. The Balaban J connectivity index is 1.36. The van der Waals surface area contributed by atoms with Crippen molar-refractivity contribution in [1.29, 1.82) is 0 Å². The van der Waals surface area contributed by atoms with E-state index < -0.39 is 0 Å². The van der Waals surface area contributed by atoms with E-state index in [0.717, 1.165) is 24.2 Å². The first-order chi connectivity index (χ1) is 14.2. The van der Waals surface area contributed by atoms with E-state index in [9.17, 15) is 9.59 Å². The molecule has 1 saturated heterocycles. The van der Waals surface area contributed by atoms with Gasteiger partial charge >= 0.3 is 6.09 Å². The first kappa shape index (κ1) is 18.8. The van der Waals surface area contributed by atoms with E-state index in [1.54, 1.807) is 4.90 Å². The highest BCUT2D eigenvalue weighted by atomic mass is 16.6. The Morgan fingerprint density at radius 2 is 1.76 bits per heavy atom. The Hall–Kier alpha value is -3.54. The fraction of sp³-hybridized carbons (Fsp3) is 0.217. The number of amides is 2. The smallest absolute Gasteiger partial charge is 0.410 e. The quantitative estimate of drug-likeness (QED) is 0.666. The van der Waals surface area contributed by atoms with E-state index in [0.29, 0.717) is 25.4 Å². The summed E-state index contributed by atoms with van der Waals surface area (Å²) in [5, 5.41) is 2.95. The molecule has 0 unspecified atom stereocenters. The van der Waals surface area contributed by atoms with Gasteiger partial charge in [0.2, 0.25) is 0 Å². The fourth-order valence-corrected chi connectivity index (χ4v) is 3.39. The molecule has 1 aromatic heterocycles. The molecule has 0 atom stereocenters. The average molecular weight is 389 g/mol. The average Bonchev–Trinajstić information content (AvgIpc) is 3.38. The Labute approximate surface area is 169 Å². The van der Waals surface area contributed by atoms with Crippen LogP contribution >= 0.6 is 0 Å². The molecule has 0 radical (unpaired) electrons. The van der Waals surface area contributed by atoms with Crippen molar-refractivity contribution in [2.75, 3.05) is 18.5 Å². The highest BCUT2D eigenvalue weighted by Crippen LogP contribution is 2.15. The lowest BCUT2D eigenvalue weighted by Gasteiger charge is -2.13. The number of cyclic esters (lactones) is 1. The van der Waals surface area contributed by atoms with E-state index in [1.807, 2.05) is 65.4 Å². The van der Waals surface area contributed by atoms with E-state index >= 15 is 0 Å². The predicted octanol–water partition coefficient (Wildman–Crippen LogP) is 3.94. The van der Waals surface area contributed by atoms with Crippen LogP contribution in [-0.4, -0.2) is 34.6 Å². The molecule has 148 valence electrons. The third-order valence-electron chi connectivity index (χ3n) is 4.98. The number of nitrogens with zero attached hydrogens (tertiary/aromatic N) is 2. The Morgan fingerprint density at radius 3 is 2.48 bits per heavy atom. The molecule has 1 aliphatic heterocycles. The van der Waals surface area contributed by atoms with Crippen LogP contribution in [0.1, 0.15) is 21.6 Å². The summed E-state index contributed by atoms with van der Waals surface area (Å²) in [6, 6.07) is 21.5. The molecule has 6 nitrogen and oxygen atoms in total. The van der Waals surface area contributed by atoms with Gasteiger partial charge in [0.1, 0.15) is 12.3 Å². The second-order valence-electron chi connectivity index (χ2n) is 7.01. The van der Waals surface area contributed by atoms with Crippen molar-refractivity contribution in [2.45, 2.75) is 19.5 Å². The molecule has 0 spiro atoms. The number of rotatable bonds is 7. The topological polar surface area (TPSA) is 63.6 Å². The second kappa shape index (κ2) is 8.65. The van der Waals surface area contributed by atoms with Crippen LogP contribution in [0.25, 0.3) is 0 Å². The Bertz CT molecular complexity index is 980. The molecule has 1 fully saturated rings. The minimum absolute atomic E-state index is 0.140. The van der Waals surface area contributed by atoms with Gasteiger partial charge in [0.15, 0.2) is 0 Å². The van der Waals surface area contributed by atoms with Crippen LogP contribution in [0, 0.1) is 0 Å². The maximum atomic E-state index is 12.7. The number of hydrogen-bond acceptors (Lipinski definition) is 3. The molecule has 0 bridgehead atoms. The molecule has 2 amide bonds. The lowest BCUT2D eigenvalue weighted by Crippen LogP contribution is -2.23. The molecule has 1 aliphatic rings. The molecular formula is C23H23N3O3. The molecule has 2 heterocycles. The zero-order valence-electron chi connectivity index (χ0n) is 16.1. The van der Waals surface area contributed by atoms with E-state index in [4.69, 9.17) is 4.74 Å². The van der Waals surface area contributed by atoms with Crippen molar-refractivity contribution >= 4 is 17.7 Å². The molecule has 2 aromatic carbocycles. The molecule has 3 aromatic rings. The molecule has 6 heteroatoms. The number of carbonyl (C=O) groups excluding carboxylic acids is 2. The van der Waals surface area contributed by atoms with Gasteiger partial charge in [0.05, 0.1) is 6.54 Å². The van der Waals surface area contributed by atoms with E-state index in [2.05, 4.69) is 17.4 Å². The third-order valence-corrected chi connectivity index (χ3v) is 4.98. The summed E-state index contributed by atoms with van der Waals surface area (Å²) in [7, 11) is 0. The number of benzene rings is 2. The van der Waals surface area contributed by atoms with Crippen molar-refractivity contribution in [3.8, 4) is 0 Å². The van der Waals surface area contributed by atoms with Crippen LogP contribution in [0.4, 0.5) is 10.5 Å². The summed E-state index contributed by atoms with van der Waals surface area (Å²) in [4.78, 5) is 25.9. The van der Waals surface area contributed by atoms with Gasteiger partial charge in [0.25, 0.3) is 5.91 Å². The SMILES string of the molecule is O=C(Nc1ccc(CN2CCOC2=O)cc1)c1cccn1CCc1ccccc1. The van der Waals surface area contributed by atoms with Crippen molar-refractivity contribution in [2.24, 2.45) is 0 Å². The largest absolute Gasteiger partial charge is 0.448 e.